The van der Waals surface area contributed by atoms with Crippen molar-refractivity contribution in [1.82, 2.24) is 0 Å². The third kappa shape index (κ3) is 3.25. The molecule has 1 aromatic carbocycles. The predicted octanol–water partition coefficient (Wildman–Crippen LogP) is 1.80. The summed E-state index contributed by atoms with van der Waals surface area (Å²) in [7, 11) is 1.58. The van der Waals surface area contributed by atoms with E-state index in [1.165, 1.54) is 6.07 Å². The van der Waals surface area contributed by atoms with Crippen LogP contribution in [0.3, 0.4) is 0 Å². The van der Waals surface area contributed by atoms with Crippen LogP contribution < -0.4 is 4.74 Å². The van der Waals surface area contributed by atoms with Crippen LogP contribution in [0.15, 0.2) is 24.3 Å². The lowest BCUT2D eigenvalue weighted by molar-refractivity contribution is 0.0646. The quantitative estimate of drug-likeness (QED) is 0.805. The number of rotatable bonds is 5. The third-order valence-corrected chi connectivity index (χ3v) is 1.99. The van der Waals surface area contributed by atoms with Gasteiger partial charge in [0, 0.05) is 7.11 Å². The van der Waals surface area contributed by atoms with Crippen LogP contribution in [-0.4, -0.2) is 30.9 Å². The van der Waals surface area contributed by atoms with Gasteiger partial charge >= 0.3 is 5.97 Å². The molecule has 1 aromatic rings. The third-order valence-electron chi connectivity index (χ3n) is 1.99. The molecule has 82 valence electrons. The molecule has 0 saturated carbocycles. The molecule has 0 radical (unpaired) electrons. The minimum atomic E-state index is -0.990. The number of ether oxygens (including phenoxy) is 2. The minimum Gasteiger partial charge on any atom is -0.490 e. The number of hydrogen-bond acceptors (Lipinski definition) is 3. The summed E-state index contributed by atoms with van der Waals surface area (Å²) in [5.74, 6) is -0.621. The van der Waals surface area contributed by atoms with E-state index in [4.69, 9.17) is 14.6 Å². The Bertz CT molecular complexity index is 335. The fraction of sp³-hybridized carbons (Fsp3) is 0.364. The zero-order chi connectivity index (χ0) is 11.3. The number of carbonyl (C=O) groups is 1. The summed E-state index contributed by atoms with van der Waals surface area (Å²) >= 11 is 0. The van der Waals surface area contributed by atoms with Crippen molar-refractivity contribution >= 4 is 5.97 Å². The first kappa shape index (κ1) is 11.5. The number of carboxylic acids is 1. The highest BCUT2D eigenvalue weighted by atomic mass is 16.5. The Hall–Kier alpha value is -1.55. The van der Waals surface area contributed by atoms with Gasteiger partial charge in [-0.05, 0) is 19.1 Å². The summed E-state index contributed by atoms with van der Waals surface area (Å²) in [6.45, 7) is 2.18. The normalized spacial score (nSPS) is 12.1. The molecule has 0 aliphatic heterocycles. The average Bonchev–Trinajstić information content (AvgIpc) is 2.26. The van der Waals surface area contributed by atoms with Gasteiger partial charge in [0.1, 0.15) is 17.9 Å². The summed E-state index contributed by atoms with van der Waals surface area (Å²) in [5, 5.41) is 8.88. The highest BCUT2D eigenvalue weighted by Crippen LogP contribution is 2.17. The molecule has 0 heterocycles. The van der Waals surface area contributed by atoms with Crippen LogP contribution in [0.5, 0.6) is 5.75 Å². The molecule has 0 bridgehead atoms. The van der Waals surface area contributed by atoms with E-state index in [0.717, 1.165) is 0 Å². The molecule has 15 heavy (non-hydrogen) atoms. The molecule has 1 rings (SSSR count). The molecule has 0 fully saturated rings. The van der Waals surface area contributed by atoms with Gasteiger partial charge in [0.05, 0.1) is 6.10 Å². The monoisotopic (exact) mass is 210 g/mol. The van der Waals surface area contributed by atoms with Gasteiger partial charge in [-0.15, -0.1) is 0 Å². The number of hydrogen-bond donors (Lipinski definition) is 1. The number of para-hydroxylation sites is 1. The molecule has 0 amide bonds. The van der Waals surface area contributed by atoms with Crippen molar-refractivity contribution in [3.63, 3.8) is 0 Å². The maximum atomic E-state index is 10.8. The van der Waals surface area contributed by atoms with Crippen LogP contribution in [0, 0.1) is 0 Å². The Balaban J connectivity index is 2.72. The summed E-state index contributed by atoms with van der Waals surface area (Å²) in [4.78, 5) is 10.8. The Kier molecular flexibility index (Phi) is 4.12. The second-order valence-corrected chi connectivity index (χ2v) is 3.16. The molecule has 4 nitrogen and oxygen atoms in total. The molecule has 4 heteroatoms. The van der Waals surface area contributed by atoms with Crippen LogP contribution in [0.1, 0.15) is 17.3 Å². The lowest BCUT2D eigenvalue weighted by Crippen LogP contribution is -2.17. The van der Waals surface area contributed by atoms with Crippen LogP contribution in [-0.2, 0) is 4.74 Å². The molecule has 1 N–H and O–H groups in total. The van der Waals surface area contributed by atoms with Gasteiger partial charge in [-0.2, -0.15) is 0 Å². The summed E-state index contributed by atoms with van der Waals surface area (Å²) in [6.07, 6.45) is -0.0631. The van der Waals surface area contributed by atoms with E-state index < -0.39 is 5.97 Å². The molecule has 1 unspecified atom stereocenters. The number of carboxylic acid groups (broad SMARTS) is 1. The Labute approximate surface area is 88.4 Å². The Morgan fingerprint density at radius 1 is 1.47 bits per heavy atom. The predicted molar refractivity (Wildman–Crippen MR) is 55.4 cm³/mol. The molecule has 1 atom stereocenters. The SMILES string of the molecule is COC(C)COc1ccccc1C(=O)O. The molecular formula is C11H14O4. The fourth-order valence-electron chi connectivity index (χ4n) is 1.04. The van der Waals surface area contributed by atoms with Gasteiger partial charge in [0.2, 0.25) is 0 Å². The summed E-state index contributed by atoms with van der Waals surface area (Å²) in [6, 6.07) is 6.54. The van der Waals surface area contributed by atoms with Gasteiger partial charge in [0.25, 0.3) is 0 Å². The van der Waals surface area contributed by atoms with E-state index >= 15 is 0 Å². The van der Waals surface area contributed by atoms with Crippen molar-refractivity contribution in [3.05, 3.63) is 29.8 Å². The van der Waals surface area contributed by atoms with E-state index in [0.29, 0.717) is 12.4 Å². The van der Waals surface area contributed by atoms with Crippen LogP contribution in [0.4, 0.5) is 0 Å². The second-order valence-electron chi connectivity index (χ2n) is 3.16. The molecule has 0 aromatic heterocycles. The van der Waals surface area contributed by atoms with Crippen molar-refractivity contribution in [2.24, 2.45) is 0 Å². The lowest BCUT2D eigenvalue weighted by Gasteiger charge is -2.12. The van der Waals surface area contributed by atoms with E-state index in [-0.39, 0.29) is 11.7 Å². The smallest absolute Gasteiger partial charge is 0.339 e. The van der Waals surface area contributed by atoms with Gasteiger partial charge in [-0.1, -0.05) is 12.1 Å². The molecule has 0 saturated heterocycles. The first-order valence-corrected chi connectivity index (χ1v) is 4.63. The molecule has 0 aliphatic rings. The van der Waals surface area contributed by atoms with E-state index in [2.05, 4.69) is 0 Å². The maximum absolute atomic E-state index is 10.8. The Morgan fingerprint density at radius 3 is 2.73 bits per heavy atom. The molecular weight excluding hydrogens is 196 g/mol. The van der Waals surface area contributed by atoms with Crippen molar-refractivity contribution in [3.8, 4) is 5.75 Å². The zero-order valence-corrected chi connectivity index (χ0v) is 8.77. The highest BCUT2D eigenvalue weighted by molar-refractivity contribution is 5.90. The van der Waals surface area contributed by atoms with Crippen molar-refractivity contribution in [1.29, 1.82) is 0 Å². The van der Waals surface area contributed by atoms with Crippen LogP contribution in [0.25, 0.3) is 0 Å². The second kappa shape index (κ2) is 5.36. The van der Waals surface area contributed by atoms with Crippen LogP contribution >= 0.6 is 0 Å². The first-order chi connectivity index (χ1) is 7.15. The first-order valence-electron chi connectivity index (χ1n) is 4.63. The fourth-order valence-corrected chi connectivity index (χ4v) is 1.04. The number of methoxy groups -OCH3 is 1. The van der Waals surface area contributed by atoms with E-state index in [9.17, 15) is 4.79 Å². The Morgan fingerprint density at radius 2 is 2.13 bits per heavy atom. The lowest BCUT2D eigenvalue weighted by atomic mass is 10.2. The average molecular weight is 210 g/mol. The number of benzene rings is 1. The van der Waals surface area contributed by atoms with Crippen LogP contribution in [0.2, 0.25) is 0 Å². The topological polar surface area (TPSA) is 55.8 Å². The highest BCUT2D eigenvalue weighted by Gasteiger charge is 2.10. The maximum Gasteiger partial charge on any atom is 0.339 e. The van der Waals surface area contributed by atoms with Crippen molar-refractivity contribution in [2.45, 2.75) is 13.0 Å². The van der Waals surface area contributed by atoms with Crippen molar-refractivity contribution < 1.29 is 19.4 Å². The minimum absolute atomic E-state index is 0.0631. The summed E-state index contributed by atoms with van der Waals surface area (Å²) < 4.78 is 10.3. The molecule has 0 spiro atoms. The molecule has 0 aliphatic carbocycles. The van der Waals surface area contributed by atoms with E-state index in [1.807, 2.05) is 6.92 Å². The summed E-state index contributed by atoms with van der Waals surface area (Å²) in [5.41, 5.74) is 0.167. The van der Waals surface area contributed by atoms with Gasteiger partial charge in [-0.3, -0.25) is 0 Å². The van der Waals surface area contributed by atoms with Gasteiger partial charge in [-0.25, -0.2) is 4.79 Å². The van der Waals surface area contributed by atoms with Gasteiger partial charge in [0.15, 0.2) is 0 Å². The zero-order valence-electron chi connectivity index (χ0n) is 8.77. The van der Waals surface area contributed by atoms with Gasteiger partial charge < -0.3 is 14.6 Å². The largest absolute Gasteiger partial charge is 0.490 e. The standard InChI is InChI=1S/C11H14O4/c1-8(14-2)7-15-10-6-4-3-5-9(10)11(12)13/h3-6,8H,7H2,1-2H3,(H,12,13). The van der Waals surface area contributed by atoms with Crippen molar-refractivity contribution in [2.75, 3.05) is 13.7 Å². The number of aromatic carboxylic acids is 1. The van der Waals surface area contributed by atoms with E-state index in [1.54, 1.807) is 25.3 Å².